The van der Waals surface area contributed by atoms with E-state index in [-0.39, 0.29) is 13.2 Å². The predicted molar refractivity (Wildman–Crippen MR) is 88.3 cm³/mol. The molecule has 23 heavy (non-hydrogen) atoms. The first-order valence-corrected chi connectivity index (χ1v) is 7.25. The third-order valence-corrected chi connectivity index (χ3v) is 3.22. The summed E-state index contributed by atoms with van der Waals surface area (Å²) in [6.07, 6.45) is 0.154. The van der Waals surface area contributed by atoms with E-state index in [0.717, 1.165) is 5.56 Å². The summed E-state index contributed by atoms with van der Waals surface area (Å²) in [7, 11) is 0. The molecule has 5 heteroatoms. The number of alkyl carbamates (subject to hydrolysis) is 1. The fourth-order valence-electron chi connectivity index (χ4n) is 1.74. The number of hydrogen-bond donors (Lipinski definition) is 1. The number of halogens is 1. The second kappa shape index (κ2) is 8.62. The number of benzene rings is 2. The fourth-order valence-corrected chi connectivity index (χ4v) is 1.96. The molecule has 0 bridgehead atoms. The summed E-state index contributed by atoms with van der Waals surface area (Å²) in [5, 5.41) is 2.89. The van der Waals surface area contributed by atoms with Crippen LogP contribution in [0, 0.1) is 11.8 Å². The van der Waals surface area contributed by atoms with Crippen molar-refractivity contribution in [1.82, 2.24) is 5.32 Å². The maximum atomic E-state index is 11.5. The van der Waals surface area contributed by atoms with Gasteiger partial charge in [0.1, 0.15) is 6.61 Å². The maximum absolute atomic E-state index is 11.5. The van der Waals surface area contributed by atoms with Gasteiger partial charge in [-0.25, -0.2) is 4.79 Å². The number of ether oxygens (including phenoxy) is 1. The van der Waals surface area contributed by atoms with E-state index >= 15 is 0 Å². The number of nitrogens with one attached hydrogen (secondary N) is 1. The van der Waals surface area contributed by atoms with Crippen molar-refractivity contribution in [2.45, 2.75) is 6.61 Å². The topological polar surface area (TPSA) is 55.4 Å². The summed E-state index contributed by atoms with van der Waals surface area (Å²) < 4.78 is 5.05. The number of hydrogen-bond acceptors (Lipinski definition) is 3. The summed E-state index contributed by atoms with van der Waals surface area (Å²) in [4.78, 5) is 22.2. The van der Waals surface area contributed by atoms with Crippen molar-refractivity contribution >= 4 is 24.0 Å². The number of carbonyl (C=O) groups is 2. The Bertz CT molecular complexity index is 748. The molecular formula is C18H14ClNO3. The molecule has 2 aromatic carbocycles. The van der Waals surface area contributed by atoms with Crippen LogP contribution in [0.5, 0.6) is 0 Å². The monoisotopic (exact) mass is 327 g/mol. The van der Waals surface area contributed by atoms with Crippen LogP contribution in [-0.4, -0.2) is 18.9 Å². The fraction of sp³-hybridized carbons (Fsp3) is 0.111. The minimum Gasteiger partial charge on any atom is -0.445 e. The van der Waals surface area contributed by atoms with Gasteiger partial charge in [0.05, 0.1) is 11.6 Å². The predicted octanol–water partition coefficient (Wildman–Crippen LogP) is 3.43. The number of rotatable bonds is 4. The standard InChI is InChI=1S/C18H14ClNO3/c19-17-11-14(8-9-16(17)12-21)7-4-10-20-18(22)23-13-15-5-2-1-3-6-15/h1-3,5-6,8-9,11-12H,10,13H2,(H,20,22). The molecule has 1 amide bonds. The van der Waals surface area contributed by atoms with Crippen molar-refractivity contribution in [3.05, 3.63) is 70.2 Å². The summed E-state index contributed by atoms with van der Waals surface area (Å²) in [5.41, 5.74) is 2.00. The Kier molecular flexibility index (Phi) is 6.22. The molecule has 0 aliphatic rings. The van der Waals surface area contributed by atoms with Crippen molar-refractivity contribution in [2.24, 2.45) is 0 Å². The van der Waals surface area contributed by atoms with Crippen LogP contribution in [0.15, 0.2) is 48.5 Å². The largest absolute Gasteiger partial charge is 0.445 e. The Morgan fingerprint density at radius 2 is 2.00 bits per heavy atom. The van der Waals surface area contributed by atoms with E-state index in [4.69, 9.17) is 16.3 Å². The molecule has 1 N–H and O–H groups in total. The highest BCUT2D eigenvalue weighted by atomic mass is 35.5. The normalized spacial score (nSPS) is 9.43. The number of aldehydes is 1. The second-order valence-electron chi connectivity index (χ2n) is 4.57. The van der Waals surface area contributed by atoms with Crippen molar-refractivity contribution in [3.8, 4) is 11.8 Å². The molecular weight excluding hydrogens is 314 g/mol. The highest BCUT2D eigenvalue weighted by Gasteiger charge is 2.01. The first-order valence-electron chi connectivity index (χ1n) is 6.87. The van der Waals surface area contributed by atoms with E-state index in [9.17, 15) is 9.59 Å². The average Bonchev–Trinajstić information content (AvgIpc) is 2.58. The molecule has 2 aromatic rings. The van der Waals surface area contributed by atoms with Crippen LogP contribution in [0.1, 0.15) is 21.5 Å². The van der Waals surface area contributed by atoms with Gasteiger partial charge in [-0.2, -0.15) is 0 Å². The van der Waals surface area contributed by atoms with Gasteiger partial charge in [0.15, 0.2) is 6.29 Å². The van der Waals surface area contributed by atoms with Crippen LogP contribution in [-0.2, 0) is 11.3 Å². The zero-order valence-corrected chi connectivity index (χ0v) is 13.0. The lowest BCUT2D eigenvalue weighted by atomic mass is 10.1. The van der Waals surface area contributed by atoms with Gasteiger partial charge in [0, 0.05) is 11.1 Å². The van der Waals surface area contributed by atoms with Crippen molar-refractivity contribution in [1.29, 1.82) is 0 Å². The van der Waals surface area contributed by atoms with Gasteiger partial charge in [-0.15, -0.1) is 0 Å². The lowest BCUT2D eigenvalue weighted by Gasteiger charge is -2.04. The lowest BCUT2D eigenvalue weighted by Crippen LogP contribution is -2.24. The summed E-state index contributed by atoms with van der Waals surface area (Å²) >= 11 is 5.90. The van der Waals surface area contributed by atoms with E-state index in [1.54, 1.807) is 18.2 Å². The van der Waals surface area contributed by atoms with Crippen molar-refractivity contribution in [2.75, 3.05) is 6.54 Å². The first-order chi connectivity index (χ1) is 11.2. The van der Waals surface area contributed by atoms with Gasteiger partial charge in [0.25, 0.3) is 0 Å². The molecule has 0 spiro atoms. The van der Waals surface area contributed by atoms with Gasteiger partial charge in [-0.3, -0.25) is 4.79 Å². The zero-order chi connectivity index (χ0) is 16.5. The Labute approximate surface area is 139 Å². The Hall–Kier alpha value is -2.77. The van der Waals surface area contributed by atoms with E-state index in [0.29, 0.717) is 22.4 Å². The molecule has 0 heterocycles. The average molecular weight is 328 g/mol. The van der Waals surface area contributed by atoms with Crippen LogP contribution in [0.25, 0.3) is 0 Å². The molecule has 0 unspecified atom stereocenters. The van der Waals surface area contributed by atoms with Gasteiger partial charge < -0.3 is 10.1 Å². The van der Waals surface area contributed by atoms with Gasteiger partial charge >= 0.3 is 6.09 Å². The summed E-state index contributed by atoms with van der Waals surface area (Å²) in [6.45, 7) is 0.365. The zero-order valence-electron chi connectivity index (χ0n) is 12.2. The Balaban J connectivity index is 1.77. The van der Waals surface area contributed by atoms with E-state index < -0.39 is 6.09 Å². The molecule has 0 saturated carbocycles. The number of carbonyl (C=O) groups excluding carboxylic acids is 2. The molecule has 0 atom stereocenters. The first kappa shape index (κ1) is 16.6. The maximum Gasteiger partial charge on any atom is 0.408 e. The minimum absolute atomic E-state index is 0.153. The van der Waals surface area contributed by atoms with E-state index in [2.05, 4.69) is 17.2 Å². The van der Waals surface area contributed by atoms with Gasteiger partial charge in [0.2, 0.25) is 0 Å². The van der Waals surface area contributed by atoms with Crippen LogP contribution < -0.4 is 5.32 Å². The quantitative estimate of drug-likeness (QED) is 0.691. The Morgan fingerprint density at radius 3 is 2.70 bits per heavy atom. The highest BCUT2D eigenvalue weighted by molar-refractivity contribution is 6.33. The molecule has 0 saturated heterocycles. The van der Waals surface area contributed by atoms with Crippen molar-refractivity contribution < 1.29 is 14.3 Å². The molecule has 0 aromatic heterocycles. The van der Waals surface area contributed by atoms with Gasteiger partial charge in [-0.05, 0) is 23.8 Å². The molecule has 0 aliphatic heterocycles. The second-order valence-corrected chi connectivity index (χ2v) is 4.98. The van der Waals surface area contributed by atoms with Crippen LogP contribution in [0.4, 0.5) is 4.79 Å². The minimum atomic E-state index is -0.530. The van der Waals surface area contributed by atoms with E-state index in [1.165, 1.54) is 0 Å². The Morgan fingerprint density at radius 1 is 1.22 bits per heavy atom. The smallest absolute Gasteiger partial charge is 0.408 e. The van der Waals surface area contributed by atoms with E-state index in [1.807, 2.05) is 30.3 Å². The van der Waals surface area contributed by atoms with Crippen LogP contribution >= 0.6 is 11.6 Å². The molecule has 116 valence electrons. The van der Waals surface area contributed by atoms with Crippen molar-refractivity contribution in [3.63, 3.8) is 0 Å². The SMILES string of the molecule is O=Cc1ccc(C#CCNC(=O)OCc2ccccc2)cc1Cl. The third kappa shape index (κ3) is 5.50. The van der Waals surface area contributed by atoms with Crippen LogP contribution in [0.3, 0.4) is 0 Å². The molecule has 2 rings (SSSR count). The lowest BCUT2D eigenvalue weighted by molar-refractivity contribution is 0.112. The molecule has 4 nitrogen and oxygen atoms in total. The highest BCUT2D eigenvalue weighted by Crippen LogP contribution is 2.15. The third-order valence-electron chi connectivity index (χ3n) is 2.89. The summed E-state index contributed by atoms with van der Waals surface area (Å²) in [6, 6.07) is 14.3. The molecule has 0 fully saturated rings. The molecule has 0 radical (unpaired) electrons. The van der Waals surface area contributed by atoms with Gasteiger partial charge in [-0.1, -0.05) is 53.8 Å². The summed E-state index contributed by atoms with van der Waals surface area (Å²) in [5.74, 6) is 5.63. The van der Waals surface area contributed by atoms with Crippen LogP contribution in [0.2, 0.25) is 5.02 Å². The number of amides is 1. The molecule has 0 aliphatic carbocycles.